The van der Waals surface area contributed by atoms with Crippen LogP contribution in [-0.4, -0.2) is 26.4 Å². The fourth-order valence-corrected chi connectivity index (χ4v) is 6.96. The van der Waals surface area contributed by atoms with Gasteiger partial charge in [-0.25, -0.2) is 0 Å². The van der Waals surface area contributed by atoms with E-state index in [1.54, 1.807) is 0 Å². The van der Waals surface area contributed by atoms with Crippen LogP contribution in [0, 0.1) is 0 Å². The molecule has 28 heavy (non-hydrogen) atoms. The predicted molar refractivity (Wildman–Crippen MR) is 138 cm³/mol. The summed E-state index contributed by atoms with van der Waals surface area (Å²) in [5.41, 5.74) is 5.07. The Balaban J connectivity index is 2.28. The summed E-state index contributed by atoms with van der Waals surface area (Å²) in [7, 11) is -1.77. The molecule has 3 rings (SSSR count). The molecule has 0 N–H and O–H groups in total. The molecule has 0 aliphatic carbocycles. The molecule has 4 heteroatoms. The Morgan fingerprint density at radius 2 is 1.11 bits per heavy atom. The molecule has 0 atom stereocenters. The van der Waals surface area contributed by atoms with Gasteiger partial charge in [0.15, 0.2) is 0 Å². The zero-order valence-corrected chi connectivity index (χ0v) is 22.9. The van der Waals surface area contributed by atoms with Gasteiger partial charge in [0.05, 0.1) is 16.1 Å². The normalized spacial score (nSPS) is 12.4. The minimum Gasteiger partial charge on any atom is -0.0836 e. The van der Waals surface area contributed by atoms with Gasteiger partial charge in [-0.3, -0.25) is 0 Å². The van der Waals surface area contributed by atoms with Crippen LogP contribution in [0.15, 0.2) is 60.7 Å². The topological polar surface area (TPSA) is 0 Å². The Bertz CT molecular complexity index is 929. The van der Waals surface area contributed by atoms with Gasteiger partial charge in [0.25, 0.3) is 0 Å². The fraction of sp³-hybridized carbons (Fsp3) is 0.250. The van der Waals surface area contributed by atoms with E-state index in [-0.39, 0.29) is 0 Å². The molecule has 0 amide bonds. The third-order valence-corrected chi connectivity index (χ3v) is 10.6. The highest BCUT2D eigenvalue weighted by Gasteiger charge is 2.21. The van der Waals surface area contributed by atoms with E-state index in [1.165, 1.54) is 37.8 Å². The SMILES string of the molecule is C[Si](C)(C)c1cccc(-c2c([SiH3])ccc(Cl)c2-c2cccc([Si](C)(C)C)c2)c1. The quantitative estimate of drug-likeness (QED) is 0.515. The molecule has 0 heterocycles. The van der Waals surface area contributed by atoms with E-state index in [2.05, 4.69) is 99.9 Å². The zero-order valence-electron chi connectivity index (χ0n) is 18.2. The lowest BCUT2D eigenvalue weighted by Gasteiger charge is -2.22. The molecule has 0 spiro atoms. The highest BCUT2D eigenvalue weighted by atomic mass is 35.5. The van der Waals surface area contributed by atoms with Gasteiger partial charge in [-0.15, -0.1) is 0 Å². The Hall–Kier alpha value is -1.40. The second-order valence-corrected chi connectivity index (χ2v) is 21.4. The molecular formula is C24H31ClSi3. The molecule has 146 valence electrons. The zero-order chi connectivity index (χ0) is 20.7. The van der Waals surface area contributed by atoms with Crippen LogP contribution in [0.4, 0.5) is 0 Å². The molecule has 0 aliphatic heterocycles. The Morgan fingerprint density at radius 1 is 0.643 bits per heavy atom. The van der Waals surface area contributed by atoms with Crippen molar-refractivity contribution in [2.45, 2.75) is 39.3 Å². The van der Waals surface area contributed by atoms with Crippen molar-refractivity contribution in [3.63, 3.8) is 0 Å². The molecule has 0 unspecified atom stereocenters. The molecule has 0 bridgehead atoms. The summed E-state index contributed by atoms with van der Waals surface area (Å²) in [4.78, 5) is 0. The Morgan fingerprint density at radius 3 is 1.57 bits per heavy atom. The molecule has 0 radical (unpaired) electrons. The van der Waals surface area contributed by atoms with Crippen LogP contribution in [0.3, 0.4) is 0 Å². The van der Waals surface area contributed by atoms with E-state index < -0.39 is 16.1 Å². The monoisotopic (exact) mass is 438 g/mol. The summed E-state index contributed by atoms with van der Waals surface area (Å²) in [6.45, 7) is 14.4. The van der Waals surface area contributed by atoms with Gasteiger partial charge >= 0.3 is 0 Å². The van der Waals surface area contributed by atoms with E-state index in [0.29, 0.717) is 0 Å². The molecule has 3 aromatic rings. The number of hydrogen-bond donors (Lipinski definition) is 0. The van der Waals surface area contributed by atoms with E-state index in [1.807, 2.05) is 0 Å². The van der Waals surface area contributed by atoms with Gasteiger partial charge < -0.3 is 0 Å². The van der Waals surface area contributed by atoms with Crippen molar-refractivity contribution in [2.24, 2.45) is 0 Å². The summed E-state index contributed by atoms with van der Waals surface area (Å²) in [5.74, 6) is 0. The third-order valence-electron chi connectivity index (χ3n) is 5.40. The average molecular weight is 439 g/mol. The van der Waals surface area contributed by atoms with Gasteiger partial charge in [0, 0.05) is 20.8 Å². The molecule has 0 aliphatic rings. The highest BCUT2D eigenvalue weighted by molar-refractivity contribution is 6.89. The van der Waals surface area contributed by atoms with Crippen molar-refractivity contribution in [3.05, 3.63) is 65.7 Å². The molecule has 3 aromatic carbocycles. The second-order valence-electron chi connectivity index (χ2n) is 9.78. The van der Waals surface area contributed by atoms with Crippen molar-refractivity contribution in [1.82, 2.24) is 0 Å². The number of hydrogen-bond acceptors (Lipinski definition) is 0. The van der Waals surface area contributed by atoms with Gasteiger partial charge in [-0.05, 0) is 22.8 Å². The summed E-state index contributed by atoms with van der Waals surface area (Å²) in [5, 5.41) is 5.22. The van der Waals surface area contributed by atoms with Crippen LogP contribution >= 0.6 is 11.6 Å². The van der Waals surface area contributed by atoms with Crippen molar-refractivity contribution in [1.29, 1.82) is 0 Å². The minimum absolute atomic E-state index is 0.848. The van der Waals surface area contributed by atoms with Crippen LogP contribution in [0.1, 0.15) is 0 Å². The van der Waals surface area contributed by atoms with Crippen molar-refractivity contribution in [3.8, 4) is 22.3 Å². The maximum Gasteiger partial charge on any atom is 0.0776 e. The molecule has 0 nitrogen and oxygen atoms in total. The summed E-state index contributed by atoms with van der Waals surface area (Å²) in [6.07, 6.45) is 0. The van der Waals surface area contributed by atoms with Crippen LogP contribution in [0.5, 0.6) is 0 Å². The largest absolute Gasteiger partial charge is 0.0836 e. The lowest BCUT2D eigenvalue weighted by molar-refractivity contribution is 1.60. The van der Waals surface area contributed by atoms with E-state index in [0.717, 1.165) is 15.3 Å². The van der Waals surface area contributed by atoms with Gasteiger partial charge in [0.2, 0.25) is 0 Å². The summed E-state index contributed by atoms with van der Waals surface area (Å²) in [6, 6.07) is 22.5. The molecule has 0 fully saturated rings. The van der Waals surface area contributed by atoms with Crippen LogP contribution in [-0.2, 0) is 0 Å². The summed E-state index contributed by atoms with van der Waals surface area (Å²) < 4.78 is 0. The van der Waals surface area contributed by atoms with Crippen molar-refractivity contribution in [2.75, 3.05) is 0 Å². The Kier molecular flexibility index (Phi) is 5.93. The predicted octanol–water partition coefficient (Wildman–Crippen LogP) is 4.76. The standard InChI is InChI=1S/C24H31ClSi3/c1-27(2,3)19-11-7-9-17(15-19)23-21(25)13-14-22(26)24(23)18-10-8-12-20(16-18)28(4,5)6/h7-16H,1-6,26H3. The first-order valence-corrected chi connectivity index (χ1v) is 18.4. The van der Waals surface area contributed by atoms with Crippen LogP contribution < -0.4 is 15.6 Å². The number of rotatable bonds is 4. The van der Waals surface area contributed by atoms with Gasteiger partial charge in [-0.1, -0.05) is 121 Å². The number of benzene rings is 3. The van der Waals surface area contributed by atoms with Crippen molar-refractivity contribution >= 4 is 53.6 Å². The van der Waals surface area contributed by atoms with Gasteiger partial charge in [0.1, 0.15) is 0 Å². The maximum absolute atomic E-state index is 6.82. The molecular weight excluding hydrogens is 408 g/mol. The highest BCUT2D eigenvalue weighted by Crippen LogP contribution is 2.36. The lowest BCUT2D eigenvalue weighted by atomic mass is 9.94. The lowest BCUT2D eigenvalue weighted by Crippen LogP contribution is -2.37. The average Bonchev–Trinajstić information content (AvgIpc) is 2.62. The van der Waals surface area contributed by atoms with Crippen LogP contribution in [0.25, 0.3) is 22.3 Å². The first-order chi connectivity index (χ1) is 13.0. The molecule has 0 aromatic heterocycles. The molecule has 0 saturated heterocycles. The minimum atomic E-state index is -1.39. The third kappa shape index (κ3) is 4.43. The van der Waals surface area contributed by atoms with Crippen LogP contribution in [0.2, 0.25) is 44.3 Å². The second kappa shape index (κ2) is 7.79. The van der Waals surface area contributed by atoms with Gasteiger partial charge in [-0.2, -0.15) is 0 Å². The first-order valence-electron chi connectivity index (χ1n) is 9.99. The van der Waals surface area contributed by atoms with E-state index in [4.69, 9.17) is 11.6 Å². The first kappa shape index (κ1) is 21.3. The smallest absolute Gasteiger partial charge is 0.0776 e. The van der Waals surface area contributed by atoms with E-state index in [9.17, 15) is 0 Å². The Labute approximate surface area is 180 Å². The van der Waals surface area contributed by atoms with Crippen molar-refractivity contribution < 1.29 is 0 Å². The molecule has 0 saturated carbocycles. The maximum atomic E-state index is 6.82. The van der Waals surface area contributed by atoms with E-state index >= 15 is 0 Å². The number of halogens is 1. The summed E-state index contributed by atoms with van der Waals surface area (Å²) >= 11 is 6.82. The fourth-order valence-electron chi connectivity index (χ4n) is 3.62.